The predicted molar refractivity (Wildman–Crippen MR) is 114 cm³/mol. The highest BCUT2D eigenvalue weighted by atomic mass is 35.5. The lowest BCUT2D eigenvalue weighted by molar-refractivity contribution is -0.143. The minimum absolute atomic E-state index is 0.0504. The van der Waals surface area contributed by atoms with Crippen molar-refractivity contribution in [2.75, 3.05) is 25.0 Å². The normalized spacial score (nSPS) is 25.0. The van der Waals surface area contributed by atoms with Crippen LogP contribution in [-0.2, 0) is 19.9 Å². The molecule has 10 heteroatoms. The molecule has 1 aromatic carbocycles. The van der Waals surface area contributed by atoms with Gasteiger partial charge in [-0.15, -0.1) is 11.6 Å². The maximum atomic E-state index is 13.6. The van der Waals surface area contributed by atoms with Gasteiger partial charge >= 0.3 is 12.0 Å². The lowest BCUT2D eigenvalue weighted by Gasteiger charge is -2.27. The fourth-order valence-corrected chi connectivity index (χ4v) is 4.81. The Morgan fingerprint density at radius 3 is 2.61 bits per heavy atom. The second kappa shape index (κ2) is 7.69. The Kier molecular flexibility index (Phi) is 5.31. The number of aliphatic carboxylic acids is 1. The van der Waals surface area contributed by atoms with Gasteiger partial charge in [-0.1, -0.05) is 35.4 Å². The number of hydrogen-bond donors (Lipinski definition) is 1. The quantitative estimate of drug-likeness (QED) is 0.411. The zero-order valence-electron chi connectivity index (χ0n) is 16.5. The van der Waals surface area contributed by atoms with Crippen LogP contribution in [0, 0.1) is 0 Å². The fourth-order valence-electron chi connectivity index (χ4n) is 4.35. The van der Waals surface area contributed by atoms with Gasteiger partial charge in [-0.3, -0.25) is 24.2 Å². The van der Waals surface area contributed by atoms with Crippen molar-refractivity contribution < 1.29 is 24.3 Å². The number of anilines is 1. The largest absolute Gasteiger partial charge is 0.480 e. The molecule has 1 aromatic rings. The van der Waals surface area contributed by atoms with Crippen molar-refractivity contribution in [3.8, 4) is 0 Å². The van der Waals surface area contributed by atoms with E-state index < -0.39 is 35.9 Å². The topological polar surface area (TPSA) is 98.2 Å². The van der Waals surface area contributed by atoms with Crippen LogP contribution in [0.5, 0.6) is 0 Å². The van der Waals surface area contributed by atoms with Crippen molar-refractivity contribution in [2.24, 2.45) is 0 Å². The first-order valence-corrected chi connectivity index (χ1v) is 10.4. The van der Waals surface area contributed by atoms with Crippen LogP contribution in [-0.4, -0.2) is 64.2 Å². The lowest BCUT2D eigenvalue weighted by Crippen LogP contribution is -2.53. The highest BCUT2D eigenvalue weighted by Crippen LogP contribution is 2.49. The summed E-state index contributed by atoms with van der Waals surface area (Å²) in [6.07, 6.45) is 6.70. The second-order valence-electron chi connectivity index (χ2n) is 7.58. The Bertz CT molecular complexity index is 1070. The molecule has 2 atom stereocenters. The number of carboxylic acids is 1. The van der Waals surface area contributed by atoms with Crippen LogP contribution in [0.25, 0.3) is 0 Å². The summed E-state index contributed by atoms with van der Waals surface area (Å²) >= 11 is 12.4. The zero-order chi connectivity index (χ0) is 22.5. The number of carbonyl (C=O) groups is 4. The molecule has 1 fully saturated rings. The first-order valence-electron chi connectivity index (χ1n) is 9.62. The number of benzene rings is 1. The summed E-state index contributed by atoms with van der Waals surface area (Å²) in [4.78, 5) is 54.5. The van der Waals surface area contributed by atoms with E-state index in [0.717, 1.165) is 20.3 Å². The molecule has 2 heterocycles. The molecular formula is C21H19Cl2N3O5. The van der Waals surface area contributed by atoms with Crippen molar-refractivity contribution in [1.82, 2.24) is 9.80 Å². The molecule has 0 radical (unpaired) electrons. The van der Waals surface area contributed by atoms with E-state index >= 15 is 0 Å². The number of alkyl halides is 1. The van der Waals surface area contributed by atoms with E-state index in [9.17, 15) is 24.3 Å². The second-order valence-corrected chi connectivity index (χ2v) is 8.54. The molecule has 31 heavy (non-hydrogen) atoms. The minimum Gasteiger partial charge on any atom is -0.480 e. The van der Waals surface area contributed by atoms with E-state index in [0.29, 0.717) is 12.8 Å². The molecule has 4 amide bonds. The lowest BCUT2D eigenvalue weighted by atomic mass is 9.90. The van der Waals surface area contributed by atoms with Crippen molar-refractivity contribution >= 4 is 52.7 Å². The van der Waals surface area contributed by atoms with Gasteiger partial charge in [0.15, 0.2) is 0 Å². The number of urea groups is 1. The summed E-state index contributed by atoms with van der Waals surface area (Å²) in [5.41, 5.74) is -0.646. The standard InChI is InChI=1S/C21H19Cl2N3O5/c1-24-20(31)25(9-8-12-4-2-3-5-15(12)23)18(29)21(24)14-10-13(22)6-7-16(14)26(19(21)30)11-17(27)28/h2-4,6-7,10,15H,5,8-9,11H2,1H3,(H,27,28)/t15?,21-/m0/s1. The number of nitrogens with zero attached hydrogens (tertiary/aromatic N) is 3. The predicted octanol–water partition coefficient (Wildman–Crippen LogP) is 2.74. The molecule has 4 rings (SSSR count). The van der Waals surface area contributed by atoms with Gasteiger partial charge in [0.25, 0.3) is 11.8 Å². The summed E-state index contributed by atoms with van der Waals surface area (Å²) in [6, 6.07) is 3.79. The van der Waals surface area contributed by atoms with E-state index in [4.69, 9.17) is 23.2 Å². The Morgan fingerprint density at radius 1 is 1.23 bits per heavy atom. The number of rotatable bonds is 5. The smallest absolute Gasteiger partial charge is 0.328 e. The summed E-state index contributed by atoms with van der Waals surface area (Å²) in [5, 5.41) is 9.32. The molecule has 1 spiro atoms. The van der Waals surface area contributed by atoms with Crippen molar-refractivity contribution in [3.63, 3.8) is 0 Å². The first kappa shape index (κ1) is 21.4. The number of carbonyl (C=O) groups excluding carboxylic acids is 3. The van der Waals surface area contributed by atoms with Gasteiger partial charge < -0.3 is 10.0 Å². The molecule has 2 aliphatic heterocycles. The van der Waals surface area contributed by atoms with Crippen LogP contribution >= 0.6 is 23.2 Å². The number of imide groups is 1. The Labute approximate surface area is 188 Å². The first-order chi connectivity index (χ1) is 14.7. The summed E-state index contributed by atoms with van der Waals surface area (Å²) in [5.74, 6) is -2.75. The number of carboxylic acid groups (broad SMARTS) is 1. The molecular weight excluding hydrogens is 445 g/mol. The van der Waals surface area contributed by atoms with Gasteiger partial charge in [-0.05, 0) is 31.0 Å². The molecule has 0 bridgehead atoms. The number of amides is 4. The molecule has 162 valence electrons. The zero-order valence-corrected chi connectivity index (χ0v) is 18.1. The van der Waals surface area contributed by atoms with Crippen LogP contribution in [0.2, 0.25) is 5.02 Å². The highest BCUT2D eigenvalue weighted by molar-refractivity contribution is 6.32. The van der Waals surface area contributed by atoms with E-state index in [1.165, 1.54) is 25.2 Å². The molecule has 1 N–H and O–H groups in total. The molecule has 1 unspecified atom stereocenters. The van der Waals surface area contributed by atoms with Gasteiger partial charge in [-0.2, -0.15) is 0 Å². The van der Waals surface area contributed by atoms with Crippen LogP contribution in [0.1, 0.15) is 18.4 Å². The number of halogens is 2. The van der Waals surface area contributed by atoms with Crippen molar-refractivity contribution in [2.45, 2.75) is 23.8 Å². The SMILES string of the molecule is CN1C(=O)N(CCC2=CC=CCC2Cl)C(=O)[C@@]12C(=O)N(CC(=O)O)c1ccc(Cl)cc12. The third kappa shape index (κ3) is 3.13. The Hall–Kier alpha value is -2.84. The van der Waals surface area contributed by atoms with E-state index in [-0.39, 0.29) is 28.2 Å². The minimum atomic E-state index is -1.98. The van der Waals surface area contributed by atoms with Crippen LogP contribution in [0.4, 0.5) is 10.5 Å². The molecule has 8 nitrogen and oxygen atoms in total. The van der Waals surface area contributed by atoms with Gasteiger partial charge in [0.05, 0.1) is 11.1 Å². The number of fused-ring (bicyclic) bond motifs is 2. The van der Waals surface area contributed by atoms with Gasteiger partial charge in [-0.25, -0.2) is 4.79 Å². The number of allylic oxidation sites excluding steroid dienone is 3. The Morgan fingerprint density at radius 2 is 1.94 bits per heavy atom. The van der Waals surface area contributed by atoms with Gasteiger partial charge in [0, 0.05) is 24.2 Å². The fraction of sp³-hybridized carbons (Fsp3) is 0.333. The molecule has 0 saturated carbocycles. The average molecular weight is 464 g/mol. The van der Waals surface area contributed by atoms with E-state index in [1.54, 1.807) is 0 Å². The van der Waals surface area contributed by atoms with Crippen molar-refractivity contribution in [1.29, 1.82) is 0 Å². The van der Waals surface area contributed by atoms with Crippen LogP contribution in [0.15, 0.2) is 42.0 Å². The molecule has 1 aliphatic carbocycles. The van der Waals surface area contributed by atoms with Crippen LogP contribution < -0.4 is 4.90 Å². The van der Waals surface area contributed by atoms with Gasteiger partial charge in [0.1, 0.15) is 6.54 Å². The third-order valence-corrected chi connectivity index (χ3v) is 6.57. The monoisotopic (exact) mass is 463 g/mol. The number of likely N-dealkylation sites (N-methyl/N-ethyl adjacent to an activating group) is 1. The maximum absolute atomic E-state index is 13.6. The Balaban J connectivity index is 1.73. The van der Waals surface area contributed by atoms with Crippen LogP contribution in [0.3, 0.4) is 0 Å². The summed E-state index contributed by atoms with van der Waals surface area (Å²) in [6.45, 7) is -0.591. The highest BCUT2D eigenvalue weighted by Gasteiger charge is 2.67. The summed E-state index contributed by atoms with van der Waals surface area (Å²) < 4.78 is 0. The molecule has 0 aromatic heterocycles. The van der Waals surface area contributed by atoms with Crippen molar-refractivity contribution in [3.05, 3.63) is 52.6 Å². The van der Waals surface area contributed by atoms with E-state index in [2.05, 4.69) is 0 Å². The summed E-state index contributed by atoms with van der Waals surface area (Å²) in [7, 11) is 1.36. The van der Waals surface area contributed by atoms with Gasteiger partial charge in [0.2, 0.25) is 5.54 Å². The van der Waals surface area contributed by atoms with E-state index in [1.807, 2.05) is 18.2 Å². The molecule has 3 aliphatic rings. The maximum Gasteiger partial charge on any atom is 0.328 e. The number of hydrogen-bond acceptors (Lipinski definition) is 4. The third-order valence-electron chi connectivity index (χ3n) is 5.88. The average Bonchev–Trinajstić information content (AvgIpc) is 3.06. The molecule has 1 saturated heterocycles.